The molecule has 0 unspecified atom stereocenters. The number of likely N-dealkylation sites (tertiary alicyclic amines) is 1. The van der Waals surface area contributed by atoms with Crippen LogP contribution in [0.15, 0.2) is 54.7 Å². The predicted octanol–water partition coefficient (Wildman–Crippen LogP) is 3.64. The van der Waals surface area contributed by atoms with Crippen LogP contribution >= 0.6 is 0 Å². The Labute approximate surface area is 182 Å². The van der Waals surface area contributed by atoms with Gasteiger partial charge in [-0.1, -0.05) is 30.3 Å². The number of carbonyl (C=O) groups excluding carboxylic acids is 2. The molecule has 3 aromatic rings. The molecule has 0 saturated carbocycles. The molecular weight excluding hydrogens is 390 g/mol. The standard InChI is InChI=1S/C25H29N3O3/c1-31-14-11-26-24(29)22-17-27-23-8-7-20(16-21(22)23)25(30)28-12-9-19(10-13-28)15-18-5-3-2-4-6-18/h2-8,16-17,19,27H,9-15H2,1H3,(H,26,29). The van der Waals surface area contributed by atoms with Gasteiger partial charge in [-0.2, -0.15) is 0 Å². The number of piperidine rings is 1. The molecule has 0 atom stereocenters. The molecule has 1 fully saturated rings. The van der Waals surface area contributed by atoms with Gasteiger partial charge >= 0.3 is 0 Å². The Balaban J connectivity index is 1.41. The molecule has 6 nitrogen and oxygen atoms in total. The zero-order valence-corrected chi connectivity index (χ0v) is 17.9. The summed E-state index contributed by atoms with van der Waals surface area (Å²) in [6, 6.07) is 16.1. The summed E-state index contributed by atoms with van der Waals surface area (Å²) >= 11 is 0. The SMILES string of the molecule is COCCNC(=O)c1c[nH]c2ccc(C(=O)N3CCC(Cc4ccccc4)CC3)cc12. The number of benzene rings is 2. The lowest BCUT2D eigenvalue weighted by Gasteiger charge is -2.32. The fourth-order valence-electron chi connectivity index (χ4n) is 4.27. The highest BCUT2D eigenvalue weighted by Crippen LogP contribution is 2.25. The molecule has 162 valence electrons. The molecule has 1 saturated heterocycles. The summed E-state index contributed by atoms with van der Waals surface area (Å²) in [5.41, 5.74) is 3.37. The third kappa shape index (κ3) is 4.97. The number of hydrogen-bond donors (Lipinski definition) is 2. The normalized spacial score (nSPS) is 14.7. The van der Waals surface area contributed by atoms with Gasteiger partial charge in [0.1, 0.15) is 0 Å². The van der Waals surface area contributed by atoms with Crippen molar-refractivity contribution in [2.24, 2.45) is 5.92 Å². The van der Waals surface area contributed by atoms with Crippen molar-refractivity contribution in [2.75, 3.05) is 33.4 Å². The highest BCUT2D eigenvalue weighted by molar-refractivity contribution is 6.08. The van der Waals surface area contributed by atoms with Gasteiger partial charge in [-0.3, -0.25) is 9.59 Å². The van der Waals surface area contributed by atoms with E-state index < -0.39 is 0 Å². The number of nitrogens with zero attached hydrogens (tertiary/aromatic N) is 1. The molecule has 2 amide bonds. The van der Waals surface area contributed by atoms with Crippen LogP contribution in [-0.4, -0.2) is 55.0 Å². The molecule has 2 heterocycles. The minimum atomic E-state index is -0.172. The van der Waals surface area contributed by atoms with Crippen LogP contribution < -0.4 is 5.32 Å². The molecular formula is C25H29N3O3. The highest BCUT2D eigenvalue weighted by Gasteiger charge is 2.24. The number of rotatable bonds is 7. The van der Waals surface area contributed by atoms with Crippen molar-refractivity contribution in [3.8, 4) is 0 Å². The second kappa shape index (κ2) is 9.79. The van der Waals surface area contributed by atoms with Crippen molar-refractivity contribution >= 4 is 22.7 Å². The van der Waals surface area contributed by atoms with Crippen molar-refractivity contribution in [3.05, 3.63) is 71.4 Å². The van der Waals surface area contributed by atoms with Crippen LogP contribution in [0.4, 0.5) is 0 Å². The number of amides is 2. The van der Waals surface area contributed by atoms with E-state index in [1.165, 1.54) is 5.56 Å². The van der Waals surface area contributed by atoms with Gasteiger partial charge < -0.3 is 19.9 Å². The zero-order valence-electron chi connectivity index (χ0n) is 17.9. The van der Waals surface area contributed by atoms with Gasteiger partial charge in [-0.15, -0.1) is 0 Å². The maximum absolute atomic E-state index is 13.1. The summed E-state index contributed by atoms with van der Waals surface area (Å²) in [7, 11) is 1.60. The van der Waals surface area contributed by atoms with Crippen molar-refractivity contribution < 1.29 is 14.3 Å². The second-order valence-corrected chi connectivity index (χ2v) is 8.14. The zero-order chi connectivity index (χ0) is 21.6. The van der Waals surface area contributed by atoms with Crippen LogP contribution in [0, 0.1) is 5.92 Å². The number of ether oxygens (including phenoxy) is 1. The van der Waals surface area contributed by atoms with Crippen LogP contribution in [0.25, 0.3) is 10.9 Å². The van der Waals surface area contributed by atoms with Crippen molar-refractivity contribution in [2.45, 2.75) is 19.3 Å². The smallest absolute Gasteiger partial charge is 0.253 e. The van der Waals surface area contributed by atoms with Gasteiger partial charge in [-0.25, -0.2) is 0 Å². The predicted molar refractivity (Wildman–Crippen MR) is 121 cm³/mol. The van der Waals surface area contributed by atoms with Crippen LogP contribution in [0.1, 0.15) is 39.1 Å². The summed E-state index contributed by atoms with van der Waals surface area (Å²) < 4.78 is 4.98. The molecule has 4 rings (SSSR count). The molecule has 0 aliphatic carbocycles. The number of aromatic nitrogens is 1. The lowest BCUT2D eigenvalue weighted by molar-refractivity contribution is 0.0690. The average Bonchev–Trinajstić information content (AvgIpc) is 3.23. The Hall–Kier alpha value is -3.12. The van der Waals surface area contributed by atoms with E-state index in [-0.39, 0.29) is 11.8 Å². The van der Waals surface area contributed by atoms with E-state index in [9.17, 15) is 9.59 Å². The third-order valence-electron chi connectivity index (χ3n) is 6.03. The van der Waals surface area contributed by atoms with Crippen molar-refractivity contribution in [1.82, 2.24) is 15.2 Å². The average molecular weight is 420 g/mol. The first kappa shape index (κ1) is 21.1. The first-order valence-electron chi connectivity index (χ1n) is 10.9. The van der Waals surface area contributed by atoms with Crippen molar-refractivity contribution in [3.63, 3.8) is 0 Å². The number of carbonyl (C=O) groups is 2. The molecule has 1 aliphatic heterocycles. The minimum Gasteiger partial charge on any atom is -0.383 e. The highest BCUT2D eigenvalue weighted by atomic mass is 16.5. The molecule has 31 heavy (non-hydrogen) atoms. The lowest BCUT2D eigenvalue weighted by atomic mass is 9.90. The number of H-pyrrole nitrogens is 1. The van der Waals surface area contributed by atoms with E-state index in [4.69, 9.17) is 4.74 Å². The van der Waals surface area contributed by atoms with Gasteiger partial charge in [0.05, 0.1) is 12.2 Å². The van der Waals surface area contributed by atoms with Crippen LogP contribution in [0.5, 0.6) is 0 Å². The number of aromatic amines is 1. The van der Waals surface area contributed by atoms with Gasteiger partial charge in [0.15, 0.2) is 0 Å². The van der Waals surface area contributed by atoms with Crippen molar-refractivity contribution in [1.29, 1.82) is 0 Å². The molecule has 0 bridgehead atoms. The Bertz CT molecular complexity index is 1040. The van der Waals surface area contributed by atoms with Crippen LogP contribution in [0.3, 0.4) is 0 Å². The summed E-state index contributed by atoms with van der Waals surface area (Å²) in [6.07, 6.45) is 4.79. The first-order chi connectivity index (χ1) is 15.2. The van der Waals surface area contributed by atoms with E-state index in [1.807, 2.05) is 29.2 Å². The molecule has 0 spiro atoms. The summed E-state index contributed by atoms with van der Waals surface area (Å²) in [4.78, 5) is 30.7. The van der Waals surface area contributed by atoms with E-state index in [2.05, 4.69) is 34.6 Å². The van der Waals surface area contributed by atoms with Gasteiger partial charge in [-0.05, 0) is 48.9 Å². The fourth-order valence-corrected chi connectivity index (χ4v) is 4.27. The van der Waals surface area contributed by atoms with Crippen LogP contribution in [0.2, 0.25) is 0 Å². The Kier molecular flexibility index (Phi) is 6.67. The minimum absolute atomic E-state index is 0.0343. The Morgan fingerprint density at radius 3 is 2.65 bits per heavy atom. The topological polar surface area (TPSA) is 74.4 Å². The Morgan fingerprint density at radius 1 is 1.13 bits per heavy atom. The fraction of sp³-hybridized carbons (Fsp3) is 0.360. The van der Waals surface area contributed by atoms with Gasteiger partial charge in [0, 0.05) is 49.4 Å². The lowest BCUT2D eigenvalue weighted by Crippen LogP contribution is -2.38. The maximum atomic E-state index is 13.1. The summed E-state index contributed by atoms with van der Waals surface area (Å²) in [5, 5.41) is 3.60. The second-order valence-electron chi connectivity index (χ2n) is 8.14. The summed E-state index contributed by atoms with van der Waals surface area (Å²) in [5.74, 6) is 0.475. The summed E-state index contributed by atoms with van der Waals surface area (Å²) in [6.45, 7) is 2.44. The quantitative estimate of drug-likeness (QED) is 0.574. The number of nitrogens with one attached hydrogen (secondary N) is 2. The van der Waals surface area contributed by atoms with Crippen LogP contribution in [-0.2, 0) is 11.2 Å². The largest absolute Gasteiger partial charge is 0.383 e. The molecule has 2 N–H and O–H groups in total. The number of methoxy groups -OCH3 is 1. The van der Waals surface area contributed by atoms with Gasteiger partial charge in [0.2, 0.25) is 0 Å². The monoisotopic (exact) mass is 419 g/mol. The van der Waals surface area contributed by atoms with E-state index in [1.54, 1.807) is 13.3 Å². The Morgan fingerprint density at radius 2 is 1.90 bits per heavy atom. The molecule has 0 radical (unpaired) electrons. The molecule has 6 heteroatoms. The van der Waals surface area contributed by atoms with E-state index in [0.717, 1.165) is 43.3 Å². The number of hydrogen-bond acceptors (Lipinski definition) is 3. The molecule has 1 aliphatic rings. The molecule has 1 aromatic heterocycles. The van der Waals surface area contributed by atoms with Gasteiger partial charge in [0.25, 0.3) is 11.8 Å². The number of fused-ring (bicyclic) bond motifs is 1. The van der Waals surface area contributed by atoms with E-state index >= 15 is 0 Å². The molecule has 2 aromatic carbocycles. The maximum Gasteiger partial charge on any atom is 0.253 e. The third-order valence-corrected chi connectivity index (χ3v) is 6.03. The van der Waals surface area contributed by atoms with E-state index in [0.29, 0.717) is 30.2 Å². The first-order valence-corrected chi connectivity index (χ1v) is 10.9.